The minimum atomic E-state index is -1.51. The van der Waals surface area contributed by atoms with Gasteiger partial charge in [-0.25, -0.2) is 0 Å². The Bertz CT molecular complexity index is 253. The average molecular weight is 209 g/mol. The minimum absolute atomic E-state index is 0.111. The molecule has 78 valence electrons. The SMILES string of the molecule is C[Si](C)(C)OC1(/C=C/C#N)CCCC1. The quantitative estimate of drug-likeness (QED) is 0.528. The molecule has 0 heterocycles. The van der Waals surface area contributed by atoms with E-state index in [-0.39, 0.29) is 5.60 Å². The number of nitriles is 1. The number of nitrogens with zero attached hydrogens (tertiary/aromatic N) is 1. The third kappa shape index (κ3) is 3.28. The number of hydrogen-bond donors (Lipinski definition) is 0. The van der Waals surface area contributed by atoms with E-state index >= 15 is 0 Å². The summed E-state index contributed by atoms with van der Waals surface area (Å²) in [5.74, 6) is 0. The zero-order valence-electron chi connectivity index (χ0n) is 9.34. The molecule has 1 saturated carbocycles. The molecule has 1 rings (SSSR count). The van der Waals surface area contributed by atoms with Crippen molar-refractivity contribution in [2.45, 2.75) is 50.9 Å². The lowest BCUT2D eigenvalue weighted by Gasteiger charge is -2.33. The normalized spacial score (nSPS) is 21.3. The van der Waals surface area contributed by atoms with Gasteiger partial charge in [-0.15, -0.1) is 0 Å². The van der Waals surface area contributed by atoms with E-state index in [0.717, 1.165) is 12.8 Å². The molecule has 0 bridgehead atoms. The highest BCUT2D eigenvalue weighted by Crippen LogP contribution is 2.36. The first kappa shape index (κ1) is 11.5. The smallest absolute Gasteiger partial charge is 0.184 e. The van der Waals surface area contributed by atoms with E-state index in [1.165, 1.54) is 12.8 Å². The molecule has 0 aromatic rings. The Hall–Kier alpha value is -0.593. The molecule has 0 aromatic heterocycles. The number of hydrogen-bond acceptors (Lipinski definition) is 2. The van der Waals surface area contributed by atoms with Gasteiger partial charge in [0.1, 0.15) is 0 Å². The van der Waals surface area contributed by atoms with Crippen LogP contribution in [0.4, 0.5) is 0 Å². The van der Waals surface area contributed by atoms with E-state index in [4.69, 9.17) is 9.69 Å². The first-order valence-electron chi connectivity index (χ1n) is 5.25. The van der Waals surface area contributed by atoms with Gasteiger partial charge in [-0.2, -0.15) is 5.26 Å². The van der Waals surface area contributed by atoms with Crippen LogP contribution in [0.5, 0.6) is 0 Å². The maximum atomic E-state index is 8.56. The third-order valence-corrected chi connectivity index (χ3v) is 3.44. The summed E-state index contributed by atoms with van der Waals surface area (Å²) in [7, 11) is -1.51. The summed E-state index contributed by atoms with van der Waals surface area (Å²) in [5.41, 5.74) is -0.111. The lowest BCUT2D eigenvalue weighted by Crippen LogP contribution is -2.39. The molecule has 3 heteroatoms. The zero-order valence-corrected chi connectivity index (χ0v) is 10.3. The van der Waals surface area contributed by atoms with Crippen LogP contribution in [-0.2, 0) is 4.43 Å². The van der Waals surface area contributed by atoms with Gasteiger partial charge in [-0.05, 0) is 38.6 Å². The molecule has 0 atom stereocenters. The minimum Gasteiger partial charge on any atom is -0.409 e. The largest absolute Gasteiger partial charge is 0.409 e. The van der Waals surface area contributed by atoms with Crippen molar-refractivity contribution in [1.29, 1.82) is 5.26 Å². The predicted octanol–water partition coefficient (Wildman–Crippen LogP) is 3.23. The standard InChI is InChI=1S/C11H19NOSi/c1-14(2,3)13-11(9-6-10-12)7-4-5-8-11/h6,9H,4-5,7-8H2,1-3H3/b9-6+. The highest BCUT2D eigenvalue weighted by molar-refractivity contribution is 6.69. The van der Waals surface area contributed by atoms with Crippen molar-refractivity contribution in [1.82, 2.24) is 0 Å². The van der Waals surface area contributed by atoms with Crippen molar-refractivity contribution < 1.29 is 4.43 Å². The Morgan fingerprint density at radius 2 is 1.86 bits per heavy atom. The topological polar surface area (TPSA) is 33.0 Å². The van der Waals surface area contributed by atoms with Crippen LogP contribution < -0.4 is 0 Å². The van der Waals surface area contributed by atoms with Crippen molar-refractivity contribution in [3.63, 3.8) is 0 Å². The van der Waals surface area contributed by atoms with E-state index in [2.05, 4.69) is 25.7 Å². The van der Waals surface area contributed by atoms with Gasteiger partial charge in [0.2, 0.25) is 0 Å². The van der Waals surface area contributed by atoms with Crippen LogP contribution >= 0.6 is 0 Å². The molecule has 0 amide bonds. The second-order valence-corrected chi connectivity index (χ2v) is 9.38. The fraction of sp³-hybridized carbons (Fsp3) is 0.727. The average Bonchev–Trinajstić information content (AvgIpc) is 2.47. The summed E-state index contributed by atoms with van der Waals surface area (Å²) < 4.78 is 6.19. The predicted molar refractivity (Wildman–Crippen MR) is 60.4 cm³/mol. The summed E-state index contributed by atoms with van der Waals surface area (Å²) in [6.07, 6.45) is 8.15. The van der Waals surface area contributed by atoms with Crippen molar-refractivity contribution >= 4 is 8.32 Å². The molecule has 0 aliphatic heterocycles. The summed E-state index contributed by atoms with van der Waals surface area (Å²) in [4.78, 5) is 0. The molecule has 1 fully saturated rings. The first-order chi connectivity index (χ1) is 6.47. The van der Waals surface area contributed by atoms with Crippen LogP contribution in [0.3, 0.4) is 0 Å². The van der Waals surface area contributed by atoms with Crippen LogP contribution in [0.15, 0.2) is 12.2 Å². The Labute approximate surface area is 87.7 Å². The highest BCUT2D eigenvalue weighted by Gasteiger charge is 2.36. The van der Waals surface area contributed by atoms with Crippen molar-refractivity contribution in [2.24, 2.45) is 0 Å². The van der Waals surface area contributed by atoms with Crippen LogP contribution in [0.2, 0.25) is 19.6 Å². The van der Waals surface area contributed by atoms with Gasteiger partial charge in [0.15, 0.2) is 8.32 Å². The van der Waals surface area contributed by atoms with Crippen molar-refractivity contribution in [3.05, 3.63) is 12.2 Å². The molecular formula is C11H19NOSi. The molecule has 0 N–H and O–H groups in total. The van der Waals surface area contributed by atoms with E-state index in [1.54, 1.807) is 6.08 Å². The molecule has 0 saturated heterocycles. The third-order valence-electron chi connectivity index (χ3n) is 2.42. The van der Waals surface area contributed by atoms with Gasteiger partial charge in [0.05, 0.1) is 11.7 Å². The van der Waals surface area contributed by atoms with Crippen LogP contribution in [0, 0.1) is 11.3 Å². The fourth-order valence-electron chi connectivity index (χ4n) is 2.08. The van der Waals surface area contributed by atoms with Crippen LogP contribution in [0.1, 0.15) is 25.7 Å². The Balaban J connectivity index is 2.73. The van der Waals surface area contributed by atoms with Crippen molar-refractivity contribution in [2.75, 3.05) is 0 Å². The summed E-state index contributed by atoms with van der Waals surface area (Å²) in [5, 5.41) is 8.56. The van der Waals surface area contributed by atoms with Crippen LogP contribution in [0.25, 0.3) is 0 Å². The molecule has 0 unspecified atom stereocenters. The highest BCUT2D eigenvalue weighted by atomic mass is 28.4. The fourth-order valence-corrected chi connectivity index (χ4v) is 3.57. The number of rotatable bonds is 3. The molecular weight excluding hydrogens is 190 g/mol. The molecule has 0 aromatic carbocycles. The van der Waals surface area contributed by atoms with Gasteiger partial charge in [-0.1, -0.05) is 12.8 Å². The van der Waals surface area contributed by atoms with Gasteiger partial charge in [0.25, 0.3) is 0 Å². The molecule has 0 radical (unpaired) electrons. The van der Waals surface area contributed by atoms with Crippen LogP contribution in [-0.4, -0.2) is 13.9 Å². The van der Waals surface area contributed by atoms with E-state index in [9.17, 15) is 0 Å². The van der Waals surface area contributed by atoms with E-state index < -0.39 is 8.32 Å². The Morgan fingerprint density at radius 3 is 2.29 bits per heavy atom. The molecule has 2 nitrogen and oxygen atoms in total. The zero-order chi connectivity index (χ0) is 10.7. The monoisotopic (exact) mass is 209 g/mol. The molecule has 14 heavy (non-hydrogen) atoms. The molecule has 1 aliphatic rings. The Kier molecular flexibility index (Phi) is 3.52. The summed E-state index contributed by atoms with van der Waals surface area (Å²) in [6.45, 7) is 6.61. The second-order valence-electron chi connectivity index (χ2n) is 4.95. The molecule has 0 spiro atoms. The maximum absolute atomic E-state index is 8.56. The summed E-state index contributed by atoms with van der Waals surface area (Å²) in [6, 6.07) is 2.06. The molecule has 1 aliphatic carbocycles. The van der Waals surface area contributed by atoms with E-state index in [1.807, 2.05) is 6.08 Å². The van der Waals surface area contributed by atoms with Crippen molar-refractivity contribution in [3.8, 4) is 6.07 Å². The lowest BCUT2D eigenvalue weighted by molar-refractivity contribution is 0.120. The lowest BCUT2D eigenvalue weighted by atomic mass is 10.0. The van der Waals surface area contributed by atoms with E-state index in [0.29, 0.717) is 0 Å². The maximum Gasteiger partial charge on any atom is 0.184 e. The van der Waals surface area contributed by atoms with Gasteiger partial charge in [0, 0.05) is 6.08 Å². The Morgan fingerprint density at radius 1 is 1.29 bits per heavy atom. The number of allylic oxidation sites excluding steroid dienone is 1. The van der Waals surface area contributed by atoms with Gasteiger partial charge >= 0.3 is 0 Å². The second kappa shape index (κ2) is 4.29. The van der Waals surface area contributed by atoms with Gasteiger partial charge < -0.3 is 4.43 Å². The summed E-state index contributed by atoms with van der Waals surface area (Å²) >= 11 is 0. The van der Waals surface area contributed by atoms with Gasteiger partial charge in [-0.3, -0.25) is 0 Å². The first-order valence-corrected chi connectivity index (χ1v) is 8.66.